The van der Waals surface area contributed by atoms with Crippen LogP contribution in [0.15, 0.2) is 0 Å². The second kappa shape index (κ2) is 8.55. The lowest BCUT2D eigenvalue weighted by atomic mass is 10.1. The van der Waals surface area contributed by atoms with Crippen molar-refractivity contribution in [3.8, 4) is 0 Å². The number of hydrogen-bond acceptors (Lipinski definition) is 4. The Morgan fingerprint density at radius 2 is 2.15 bits per heavy atom. The van der Waals surface area contributed by atoms with E-state index < -0.39 is 18.1 Å². The van der Waals surface area contributed by atoms with Gasteiger partial charge in [-0.1, -0.05) is 32.6 Å². The number of hydrogen-bond donors (Lipinski definition) is 2. The van der Waals surface area contributed by atoms with Gasteiger partial charge in [-0.2, -0.15) is 0 Å². The summed E-state index contributed by atoms with van der Waals surface area (Å²) in [6, 6.07) is -1.15. The molecule has 2 atom stereocenters. The van der Waals surface area contributed by atoms with Gasteiger partial charge in [-0.3, -0.25) is 9.59 Å². The van der Waals surface area contributed by atoms with Crippen LogP contribution in [0.4, 0.5) is 0 Å². The maximum Gasteiger partial charge on any atom is 0.328 e. The summed E-state index contributed by atoms with van der Waals surface area (Å²) in [5.41, 5.74) is 0. The molecule has 1 aliphatic heterocycles. The van der Waals surface area contributed by atoms with Crippen molar-refractivity contribution in [2.75, 3.05) is 7.11 Å². The molecular formula is C14H24N2O4. The van der Waals surface area contributed by atoms with Crippen molar-refractivity contribution in [1.29, 1.82) is 0 Å². The Kier molecular flexibility index (Phi) is 7.04. The highest BCUT2D eigenvalue weighted by atomic mass is 16.5. The molecule has 0 aromatic heterocycles. The van der Waals surface area contributed by atoms with E-state index in [0.29, 0.717) is 19.3 Å². The number of unbranched alkanes of at least 4 members (excludes halogenated alkanes) is 3. The van der Waals surface area contributed by atoms with E-state index in [1.165, 1.54) is 7.11 Å². The Morgan fingerprint density at radius 3 is 2.70 bits per heavy atom. The molecule has 1 fully saturated rings. The smallest absolute Gasteiger partial charge is 0.328 e. The first kappa shape index (κ1) is 16.5. The van der Waals surface area contributed by atoms with Gasteiger partial charge in [0.15, 0.2) is 0 Å². The summed E-state index contributed by atoms with van der Waals surface area (Å²) >= 11 is 0. The highest BCUT2D eigenvalue weighted by Gasteiger charge is 2.30. The molecule has 0 bridgehead atoms. The van der Waals surface area contributed by atoms with Crippen LogP contribution in [0.5, 0.6) is 0 Å². The summed E-state index contributed by atoms with van der Waals surface area (Å²) in [4.78, 5) is 34.7. The maximum atomic E-state index is 12.0. The van der Waals surface area contributed by atoms with Gasteiger partial charge in [0.25, 0.3) is 0 Å². The van der Waals surface area contributed by atoms with E-state index in [9.17, 15) is 14.4 Å². The summed E-state index contributed by atoms with van der Waals surface area (Å²) in [6.07, 6.45) is 5.53. The highest BCUT2D eigenvalue weighted by molar-refractivity contribution is 5.93. The third kappa shape index (κ3) is 5.19. The number of carbonyl (C=O) groups excluding carboxylic acids is 3. The number of nitrogens with one attached hydrogen (secondary N) is 2. The van der Waals surface area contributed by atoms with Crippen molar-refractivity contribution in [3.63, 3.8) is 0 Å². The van der Waals surface area contributed by atoms with Crippen LogP contribution >= 0.6 is 0 Å². The molecule has 6 nitrogen and oxygen atoms in total. The standard InChI is InChI=1S/C14H24N2O4/c1-3-4-5-6-7-11(14(19)20-2)16-13(18)10-8-9-12(17)15-10/h10-11H,3-9H2,1-2H3,(H,15,17)(H,16,18)/t10-,11-/m0/s1. The van der Waals surface area contributed by atoms with Crippen molar-refractivity contribution < 1.29 is 19.1 Å². The van der Waals surface area contributed by atoms with Crippen LogP contribution in [0.2, 0.25) is 0 Å². The lowest BCUT2D eigenvalue weighted by molar-refractivity contribution is -0.145. The average Bonchev–Trinajstić information content (AvgIpc) is 2.88. The average molecular weight is 284 g/mol. The number of amides is 2. The van der Waals surface area contributed by atoms with Crippen LogP contribution in [0, 0.1) is 0 Å². The van der Waals surface area contributed by atoms with Gasteiger partial charge in [0.1, 0.15) is 12.1 Å². The molecular weight excluding hydrogens is 260 g/mol. The number of carbonyl (C=O) groups is 3. The van der Waals surface area contributed by atoms with Gasteiger partial charge in [-0.05, 0) is 12.8 Å². The quantitative estimate of drug-likeness (QED) is 0.512. The normalized spacial score (nSPS) is 19.3. The second-order valence-electron chi connectivity index (χ2n) is 5.09. The van der Waals surface area contributed by atoms with Gasteiger partial charge in [0.05, 0.1) is 7.11 Å². The van der Waals surface area contributed by atoms with Gasteiger partial charge in [-0.15, -0.1) is 0 Å². The molecule has 2 N–H and O–H groups in total. The molecule has 2 amide bonds. The van der Waals surface area contributed by atoms with Gasteiger partial charge < -0.3 is 15.4 Å². The van der Waals surface area contributed by atoms with Crippen LogP contribution in [0.1, 0.15) is 51.9 Å². The van der Waals surface area contributed by atoms with E-state index in [2.05, 4.69) is 17.6 Å². The zero-order chi connectivity index (χ0) is 15.0. The lowest BCUT2D eigenvalue weighted by Gasteiger charge is -2.18. The topological polar surface area (TPSA) is 84.5 Å². The van der Waals surface area contributed by atoms with Gasteiger partial charge in [0.2, 0.25) is 11.8 Å². The molecule has 0 saturated carbocycles. The van der Waals surface area contributed by atoms with E-state index in [0.717, 1.165) is 25.7 Å². The van der Waals surface area contributed by atoms with Gasteiger partial charge in [0, 0.05) is 6.42 Å². The number of rotatable bonds is 8. The molecule has 0 aromatic rings. The van der Waals surface area contributed by atoms with Crippen molar-refractivity contribution >= 4 is 17.8 Å². The van der Waals surface area contributed by atoms with E-state index in [1.807, 2.05) is 0 Å². The van der Waals surface area contributed by atoms with Crippen LogP contribution in [-0.4, -0.2) is 37.0 Å². The van der Waals surface area contributed by atoms with Crippen molar-refractivity contribution in [1.82, 2.24) is 10.6 Å². The minimum Gasteiger partial charge on any atom is -0.467 e. The molecule has 1 rings (SSSR count). The van der Waals surface area contributed by atoms with E-state index in [-0.39, 0.29) is 11.8 Å². The first-order valence-corrected chi connectivity index (χ1v) is 7.26. The summed E-state index contributed by atoms with van der Waals surface area (Å²) in [5.74, 6) is -0.858. The summed E-state index contributed by atoms with van der Waals surface area (Å²) in [7, 11) is 1.31. The predicted molar refractivity (Wildman–Crippen MR) is 73.9 cm³/mol. The zero-order valence-electron chi connectivity index (χ0n) is 12.2. The fourth-order valence-corrected chi connectivity index (χ4v) is 2.25. The molecule has 1 aliphatic rings. The van der Waals surface area contributed by atoms with Gasteiger partial charge >= 0.3 is 5.97 Å². The van der Waals surface area contributed by atoms with E-state index in [1.54, 1.807) is 0 Å². The molecule has 1 heterocycles. The summed E-state index contributed by atoms with van der Waals surface area (Å²) in [5, 5.41) is 5.27. The molecule has 0 aliphatic carbocycles. The number of methoxy groups -OCH3 is 1. The molecule has 1 saturated heterocycles. The van der Waals surface area contributed by atoms with Crippen molar-refractivity contribution in [2.24, 2.45) is 0 Å². The molecule has 0 spiro atoms. The van der Waals surface area contributed by atoms with E-state index >= 15 is 0 Å². The Bertz CT molecular complexity index is 357. The molecule has 0 radical (unpaired) electrons. The Labute approximate surface area is 119 Å². The molecule has 0 aromatic carbocycles. The Morgan fingerprint density at radius 1 is 1.40 bits per heavy atom. The van der Waals surface area contributed by atoms with Crippen LogP contribution in [0.25, 0.3) is 0 Å². The Balaban J connectivity index is 2.44. The molecule has 20 heavy (non-hydrogen) atoms. The minimum atomic E-state index is -0.623. The third-order valence-electron chi connectivity index (χ3n) is 3.46. The number of ether oxygens (including phenoxy) is 1. The van der Waals surface area contributed by atoms with Crippen LogP contribution < -0.4 is 10.6 Å². The molecule has 6 heteroatoms. The minimum absolute atomic E-state index is 0.122. The van der Waals surface area contributed by atoms with Crippen LogP contribution in [-0.2, 0) is 19.1 Å². The predicted octanol–water partition coefficient (Wildman–Crippen LogP) is 0.893. The van der Waals surface area contributed by atoms with Crippen molar-refractivity contribution in [2.45, 2.75) is 64.0 Å². The fourth-order valence-electron chi connectivity index (χ4n) is 2.25. The zero-order valence-corrected chi connectivity index (χ0v) is 12.2. The molecule has 114 valence electrons. The Hall–Kier alpha value is -1.59. The summed E-state index contributed by atoms with van der Waals surface area (Å²) < 4.78 is 4.71. The van der Waals surface area contributed by atoms with E-state index in [4.69, 9.17) is 4.74 Å². The maximum absolute atomic E-state index is 12.0. The summed E-state index contributed by atoms with van der Waals surface area (Å²) in [6.45, 7) is 2.11. The lowest BCUT2D eigenvalue weighted by Crippen LogP contribution is -2.49. The molecule has 0 unspecified atom stereocenters. The highest BCUT2D eigenvalue weighted by Crippen LogP contribution is 2.10. The monoisotopic (exact) mass is 284 g/mol. The number of esters is 1. The first-order chi connectivity index (χ1) is 9.58. The largest absolute Gasteiger partial charge is 0.467 e. The van der Waals surface area contributed by atoms with Gasteiger partial charge in [-0.25, -0.2) is 4.79 Å². The second-order valence-corrected chi connectivity index (χ2v) is 5.09. The third-order valence-corrected chi connectivity index (χ3v) is 3.46. The van der Waals surface area contributed by atoms with Crippen molar-refractivity contribution in [3.05, 3.63) is 0 Å². The van der Waals surface area contributed by atoms with Crippen LogP contribution in [0.3, 0.4) is 0 Å². The fraction of sp³-hybridized carbons (Fsp3) is 0.786. The first-order valence-electron chi connectivity index (χ1n) is 7.26. The SMILES string of the molecule is CCCCCC[C@H](NC(=O)[C@@H]1CCC(=O)N1)C(=O)OC.